The van der Waals surface area contributed by atoms with Gasteiger partial charge in [0.25, 0.3) is 5.91 Å². The van der Waals surface area contributed by atoms with E-state index in [1.807, 2.05) is 20.8 Å². The van der Waals surface area contributed by atoms with E-state index >= 15 is 0 Å². The molecule has 1 rings (SSSR count). The minimum absolute atomic E-state index is 0.0511. The van der Waals surface area contributed by atoms with Gasteiger partial charge in [-0.15, -0.1) is 0 Å². The van der Waals surface area contributed by atoms with Gasteiger partial charge in [-0.25, -0.2) is 4.79 Å². The lowest BCUT2D eigenvalue weighted by Gasteiger charge is -2.24. The van der Waals surface area contributed by atoms with Crippen molar-refractivity contribution in [1.29, 1.82) is 0 Å². The quantitative estimate of drug-likeness (QED) is 0.868. The Hall–Kier alpha value is -2.24. The third kappa shape index (κ3) is 4.98. The Morgan fingerprint density at radius 3 is 2.38 bits per heavy atom. The highest BCUT2D eigenvalue weighted by Gasteiger charge is 2.22. The van der Waals surface area contributed by atoms with E-state index in [2.05, 4.69) is 5.32 Å². The Balaban J connectivity index is 2.92. The van der Waals surface area contributed by atoms with Gasteiger partial charge in [-0.3, -0.25) is 4.79 Å². The monoisotopic (exact) mass is 295 g/mol. The minimum Gasteiger partial charge on any atom is -0.497 e. The summed E-state index contributed by atoms with van der Waals surface area (Å²) >= 11 is 0. The van der Waals surface area contributed by atoms with Crippen molar-refractivity contribution in [2.75, 3.05) is 7.11 Å². The number of methoxy groups -OCH3 is 1. The molecule has 0 fully saturated rings. The van der Waals surface area contributed by atoms with Crippen LogP contribution in [0.3, 0.4) is 0 Å². The third-order valence-corrected chi connectivity index (χ3v) is 2.59. The molecule has 2 N–H and O–H groups in total. The fourth-order valence-electron chi connectivity index (χ4n) is 1.62. The van der Waals surface area contributed by atoms with E-state index in [1.165, 1.54) is 19.2 Å². The number of rotatable bonds is 5. The molecule has 1 amide bonds. The van der Waals surface area contributed by atoms with Crippen molar-refractivity contribution in [3.8, 4) is 11.5 Å². The number of ether oxygens (including phenoxy) is 2. The van der Waals surface area contributed by atoms with Gasteiger partial charge < -0.3 is 19.9 Å². The van der Waals surface area contributed by atoms with E-state index in [0.717, 1.165) is 0 Å². The van der Waals surface area contributed by atoms with Crippen molar-refractivity contribution < 1.29 is 24.2 Å². The third-order valence-electron chi connectivity index (χ3n) is 2.59. The Kier molecular flexibility index (Phi) is 5.18. The second-order valence-electron chi connectivity index (χ2n) is 5.67. The first-order valence-electron chi connectivity index (χ1n) is 6.54. The number of carbonyl (C=O) groups excluding carboxylic acids is 1. The summed E-state index contributed by atoms with van der Waals surface area (Å²) in [5.41, 5.74) is -0.436. The van der Waals surface area contributed by atoms with Crippen LogP contribution in [0.25, 0.3) is 0 Å². The molecule has 0 bridgehead atoms. The Morgan fingerprint density at radius 2 is 1.90 bits per heavy atom. The summed E-state index contributed by atoms with van der Waals surface area (Å²) in [7, 11) is 1.45. The van der Waals surface area contributed by atoms with Gasteiger partial charge in [0, 0.05) is 5.54 Å². The molecule has 0 spiro atoms. The average molecular weight is 295 g/mol. The van der Waals surface area contributed by atoms with Crippen LogP contribution in [0, 0.1) is 0 Å². The van der Waals surface area contributed by atoms with Gasteiger partial charge in [0.05, 0.1) is 7.11 Å². The first-order valence-corrected chi connectivity index (χ1v) is 6.54. The first-order chi connectivity index (χ1) is 9.64. The van der Waals surface area contributed by atoms with E-state index in [9.17, 15) is 14.7 Å². The highest BCUT2D eigenvalue weighted by atomic mass is 16.5. The smallest absolute Gasteiger partial charge is 0.339 e. The Bertz CT molecular complexity index is 533. The predicted octanol–water partition coefficient (Wildman–Crippen LogP) is 2.08. The summed E-state index contributed by atoms with van der Waals surface area (Å²) < 4.78 is 10.4. The van der Waals surface area contributed by atoms with E-state index in [4.69, 9.17) is 9.47 Å². The van der Waals surface area contributed by atoms with Crippen molar-refractivity contribution in [3.05, 3.63) is 23.8 Å². The molecule has 116 valence electrons. The van der Waals surface area contributed by atoms with Crippen LogP contribution in [0.4, 0.5) is 0 Å². The number of hydrogen-bond donors (Lipinski definition) is 2. The number of carboxylic acids is 1. The summed E-state index contributed by atoms with van der Waals surface area (Å²) in [5, 5.41) is 12.0. The van der Waals surface area contributed by atoms with Crippen LogP contribution < -0.4 is 14.8 Å². The summed E-state index contributed by atoms with van der Waals surface area (Å²) in [6.07, 6.45) is -0.810. The molecular formula is C15H21NO5. The summed E-state index contributed by atoms with van der Waals surface area (Å²) in [6.45, 7) is 7.13. The molecule has 1 unspecified atom stereocenters. The number of carboxylic acid groups (broad SMARTS) is 1. The zero-order valence-electron chi connectivity index (χ0n) is 12.9. The second kappa shape index (κ2) is 6.47. The molecule has 0 saturated carbocycles. The molecule has 0 aromatic heterocycles. The number of amides is 1. The molecule has 6 nitrogen and oxygen atoms in total. The summed E-state index contributed by atoms with van der Waals surface area (Å²) in [5.74, 6) is -0.923. The normalized spacial score (nSPS) is 12.4. The first kappa shape index (κ1) is 16.8. The number of aromatic carboxylic acids is 1. The highest BCUT2D eigenvalue weighted by molar-refractivity contribution is 5.91. The molecule has 0 saturated heterocycles. The number of carbonyl (C=O) groups is 2. The number of hydrogen-bond acceptors (Lipinski definition) is 4. The fourth-order valence-corrected chi connectivity index (χ4v) is 1.62. The van der Waals surface area contributed by atoms with Crippen molar-refractivity contribution in [1.82, 2.24) is 5.32 Å². The minimum atomic E-state index is -1.15. The molecule has 0 aliphatic heterocycles. The van der Waals surface area contributed by atoms with Gasteiger partial charge in [-0.2, -0.15) is 0 Å². The summed E-state index contributed by atoms with van der Waals surface area (Å²) in [6, 6.07) is 4.41. The van der Waals surface area contributed by atoms with Gasteiger partial charge in [0.15, 0.2) is 6.10 Å². The van der Waals surface area contributed by atoms with E-state index < -0.39 is 12.1 Å². The molecule has 6 heteroatoms. The van der Waals surface area contributed by atoms with Crippen LogP contribution in [0.1, 0.15) is 38.1 Å². The Labute approximate surface area is 124 Å². The topological polar surface area (TPSA) is 84.9 Å². The lowest BCUT2D eigenvalue weighted by atomic mass is 10.1. The van der Waals surface area contributed by atoms with E-state index in [1.54, 1.807) is 13.0 Å². The zero-order chi connectivity index (χ0) is 16.2. The van der Waals surface area contributed by atoms with Crippen LogP contribution >= 0.6 is 0 Å². The van der Waals surface area contributed by atoms with Crippen LogP contribution in [-0.2, 0) is 4.79 Å². The van der Waals surface area contributed by atoms with Crippen molar-refractivity contribution in [2.24, 2.45) is 0 Å². The van der Waals surface area contributed by atoms with Crippen molar-refractivity contribution >= 4 is 11.9 Å². The SMILES string of the molecule is COc1ccc(OC(C)C(=O)NC(C)(C)C)c(C(=O)O)c1. The van der Waals surface area contributed by atoms with E-state index in [0.29, 0.717) is 5.75 Å². The Morgan fingerprint density at radius 1 is 1.29 bits per heavy atom. The molecule has 0 aliphatic rings. The molecule has 1 aromatic carbocycles. The lowest BCUT2D eigenvalue weighted by molar-refractivity contribution is -0.128. The largest absolute Gasteiger partial charge is 0.497 e. The number of nitrogens with one attached hydrogen (secondary N) is 1. The molecule has 21 heavy (non-hydrogen) atoms. The van der Waals surface area contributed by atoms with Crippen molar-refractivity contribution in [2.45, 2.75) is 39.3 Å². The predicted molar refractivity (Wildman–Crippen MR) is 77.9 cm³/mol. The van der Waals surface area contributed by atoms with Crippen LogP contribution in [0.15, 0.2) is 18.2 Å². The maximum Gasteiger partial charge on any atom is 0.339 e. The average Bonchev–Trinajstić information content (AvgIpc) is 2.36. The second-order valence-corrected chi connectivity index (χ2v) is 5.67. The molecule has 0 aliphatic carbocycles. The van der Waals surface area contributed by atoms with Crippen LogP contribution in [0.2, 0.25) is 0 Å². The standard InChI is InChI=1S/C15H21NO5/c1-9(13(17)16-15(2,3)4)21-12-7-6-10(20-5)8-11(12)14(18)19/h6-9H,1-5H3,(H,16,17)(H,18,19). The maximum atomic E-state index is 12.0. The lowest BCUT2D eigenvalue weighted by Crippen LogP contribution is -2.46. The molecule has 1 aromatic rings. The van der Waals surface area contributed by atoms with Gasteiger partial charge in [-0.05, 0) is 45.9 Å². The van der Waals surface area contributed by atoms with Gasteiger partial charge in [-0.1, -0.05) is 0 Å². The zero-order valence-corrected chi connectivity index (χ0v) is 12.9. The van der Waals surface area contributed by atoms with E-state index in [-0.39, 0.29) is 22.8 Å². The van der Waals surface area contributed by atoms with Crippen LogP contribution in [0.5, 0.6) is 11.5 Å². The van der Waals surface area contributed by atoms with Gasteiger partial charge in [0.2, 0.25) is 0 Å². The molecular weight excluding hydrogens is 274 g/mol. The number of benzene rings is 1. The highest BCUT2D eigenvalue weighted by Crippen LogP contribution is 2.25. The molecule has 1 atom stereocenters. The maximum absolute atomic E-state index is 12.0. The van der Waals surface area contributed by atoms with Gasteiger partial charge >= 0.3 is 5.97 Å². The summed E-state index contributed by atoms with van der Waals surface area (Å²) in [4.78, 5) is 23.2. The van der Waals surface area contributed by atoms with Crippen molar-refractivity contribution in [3.63, 3.8) is 0 Å². The van der Waals surface area contributed by atoms with Crippen LogP contribution in [-0.4, -0.2) is 35.7 Å². The fraction of sp³-hybridized carbons (Fsp3) is 0.467. The molecule has 0 heterocycles. The van der Waals surface area contributed by atoms with Gasteiger partial charge in [0.1, 0.15) is 17.1 Å². The molecule has 0 radical (unpaired) electrons.